The number of rotatable bonds is 4. The molecular formula is C19H27FN2O2. The number of halogens is 1. The van der Waals surface area contributed by atoms with Crippen LogP contribution in [0.15, 0.2) is 24.3 Å². The van der Waals surface area contributed by atoms with Crippen LogP contribution in [0.3, 0.4) is 0 Å². The SMILES string of the molecule is CC(C)(C)C(=O)N1CCC[C@@H](C(=O)NCCc2ccc(F)cc2)C1. The maximum absolute atomic E-state index is 12.9. The van der Waals surface area contributed by atoms with Gasteiger partial charge < -0.3 is 10.2 Å². The van der Waals surface area contributed by atoms with Crippen LogP contribution in [0.4, 0.5) is 4.39 Å². The van der Waals surface area contributed by atoms with E-state index in [1.807, 2.05) is 25.7 Å². The van der Waals surface area contributed by atoms with Crippen molar-refractivity contribution >= 4 is 11.8 Å². The first-order valence-electron chi connectivity index (χ1n) is 8.59. The molecule has 1 aliphatic rings. The highest BCUT2D eigenvalue weighted by Gasteiger charge is 2.33. The van der Waals surface area contributed by atoms with E-state index in [9.17, 15) is 14.0 Å². The number of piperidine rings is 1. The van der Waals surface area contributed by atoms with Gasteiger partial charge in [0.2, 0.25) is 11.8 Å². The van der Waals surface area contributed by atoms with Gasteiger partial charge in [-0.25, -0.2) is 4.39 Å². The minimum absolute atomic E-state index is 0.00326. The van der Waals surface area contributed by atoms with Crippen LogP contribution in [0, 0.1) is 17.2 Å². The molecule has 0 aromatic heterocycles. The Morgan fingerprint density at radius 2 is 1.92 bits per heavy atom. The van der Waals surface area contributed by atoms with Crippen molar-refractivity contribution in [2.24, 2.45) is 11.3 Å². The summed E-state index contributed by atoms with van der Waals surface area (Å²) in [5.74, 6) is -0.290. The van der Waals surface area contributed by atoms with E-state index in [4.69, 9.17) is 0 Å². The Morgan fingerprint density at radius 1 is 1.25 bits per heavy atom. The van der Waals surface area contributed by atoms with Gasteiger partial charge >= 0.3 is 0 Å². The van der Waals surface area contributed by atoms with Crippen molar-refractivity contribution in [1.82, 2.24) is 10.2 Å². The molecule has 1 aromatic carbocycles. The maximum Gasteiger partial charge on any atom is 0.227 e. The highest BCUT2D eigenvalue weighted by atomic mass is 19.1. The van der Waals surface area contributed by atoms with Gasteiger partial charge in [-0.2, -0.15) is 0 Å². The minimum Gasteiger partial charge on any atom is -0.355 e. The average molecular weight is 334 g/mol. The standard InChI is InChI=1S/C19H27FN2O2/c1-19(2,3)18(24)22-12-4-5-15(13-22)17(23)21-11-10-14-6-8-16(20)9-7-14/h6-9,15H,4-5,10-13H2,1-3H3,(H,21,23)/t15-/m1/s1. The normalized spacial score (nSPS) is 18.3. The van der Waals surface area contributed by atoms with E-state index < -0.39 is 5.41 Å². The molecule has 1 heterocycles. The molecule has 1 atom stereocenters. The maximum atomic E-state index is 12.9. The number of carbonyl (C=O) groups excluding carboxylic acids is 2. The van der Waals surface area contributed by atoms with Gasteiger partial charge in [-0.3, -0.25) is 9.59 Å². The second-order valence-corrected chi connectivity index (χ2v) is 7.51. The van der Waals surface area contributed by atoms with Crippen LogP contribution in [-0.2, 0) is 16.0 Å². The molecule has 132 valence electrons. The molecule has 5 heteroatoms. The Morgan fingerprint density at radius 3 is 2.54 bits per heavy atom. The Balaban J connectivity index is 1.81. The Bertz CT molecular complexity index is 578. The molecule has 0 radical (unpaired) electrons. The van der Waals surface area contributed by atoms with Gasteiger partial charge in [0.1, 0.15) is 5.82 Å². The van der Waals surface area contributed by atoms with Crippen molar-refractivity contribution in [3.8, 4) is 0 Å². The fourth-order valence-corrected chi connectivity index (χ4v) is 2.98. The van der Waals surface area contributed by atoms with E-state index in [0.717, 1.165) is 24.9 Å². The van der Waals surface area contributed by atoms with Gasteiger partial charge in [-0.05, 0) is 37.0 Å². The first kappa shape index (κ1) is 18.4. The summed E-state index contributed by atoms with van der Waals surface area (Å²) in [4.78, 5) is 26.5. The molecule has 4 nitrogen and oxygen atoms in total. The molecule has 24 heavy (non-hydrogen) atoms. The second kappa shape index (κ2) is 7.77. The summed E-state index contributed by atoms with van der Waals surface area (Å²) < 4.78 is 12.9. The lowest BCUT2D eigenvalue weighted by Crippen LogP contribution is -2.48. The summed E-state index contributed by atoms with van der Waals surface area (Å²) in [5, 5.41) is 2.94. The molecule has 1 aliphatic heterocycles. The molecule has 1 aromatic rings. The van der Waals surface area contributed by atoms with Crippen molar-refractivity contribution in [1.29, 1.82) is 0 Å². The zero-order valence-electron chi connectivity index (χ0n) is 14.8. The number of likely N-dealkylation sites (tertiary alicyclic amines) is 1. The van der Waals surface area contributed by atoms with Gasteiger partial charge in [0, 0.05) is 25.0 Å². The summed E-state index contributed by atoms with van der Waals surface area (Å²) in [5.41, 5.74) is 0.575. The van der Waals surface area contributed by atoms with E-state index in [0.29, 0.717) is 19.5 Å². The van der Waals surface area contributed by atoms with E-state index in [-0.39, 0.29) is 23.5 Å². The third-order valence-electron chi connectivity index (χ3n) is 4.35. The molecule has 1 saturated heterocycles. The topological polar surface area (TPSA) is 49.4 Å². The molecule has 1 fully saturated rings. The molecule has 2 amide bonds. The molecule has 1 N–H and O–H groups in total. The van der Waals surface area contributed by atoms with Gasteiger partial charge in [0.05, 0.1) is 5.92 Å². The molecule has 0 aliphatic carbocycles. The summed E-state index contributed by atoms with van der Waals surface area (Å²) in [6.45, 7) is 7.47. The second-order valence-electron chi connectivity index (χ2n) is 7.51. The van der Waals surface area contributed by atoms with Crippen molar-refractivity contribution in [2.45, 2.75) is 40.0 Å². The van der Waals surface area contributed by atoms with Crippen LogP contribution in [-0.4, -0.2) is 36.3 Å². The minimum atomic E-state index is -0.416. The number of nitrogens with zero attached hydrogens (tertiary/aromatic N) is 1. The number of benzene rings is 1. The monoisotopic (exact) mass is 334 g/mol. The fraction of sp³-hybridized carbons (Fsp3) is 0.579. The van der Waals surface area contributed by atoms with Crippen molar-refractivity contribution in [3.63, 3.8) is 0 Å². The predicted molar refractivity (Wildman–Crippen MR) is 91.9 cm³/mol. The largest absolute Gasteiger partial charge is 0.355 e. The van der Waals surface area contributed by atoms with Crippen LogP contribution in [0.25, 0.3) is 0 Å². The zero-order valence-corrected chi connectivity index (χ0v) is 14.8. The first-order chi connectivity index (χ1) is 11.3. The summed E-state index contributed by atoms with van der Waals surface area (Å²) in [6.07, 6.45) is 2.34. The number of carbonyl (C=O) groups is 2. The van der Waals surface area contributed by atoms with E-state index in [2.05, 4.69) is 5.32 Å². The van der Waals surface area contributed by atoms with Crippen molar-refractivity contribution in [3.05, 3.63) is 35.6 Å². The lowest BCUT2D eigenvalue weighted by atomic mass is 9.91. The van der Waals surface area contributed by atoms with Crippen LogP contribution in [0.5, 0.6) is 0 Å². The fourth-order valence-electron chi connectivity index (χ4n) is 2.98. The third-order valence-corrected chi connectivity index (χ3v) is 4.35. The van der Waals surface area contributed by atoms with Crippen molar-refractivity contribution < 1.29 is 14.0 Å². The van der Waals surface area contributed by atoms with E-state index in [1.165, 1.54) is 12.1 Å². The predicted octanol–water partition coefficient (Wildman–Crippen LogP) is 2.77. The molecule has 2 rings (SSSR count). The van der Waals surface area contributed by atoms with Crippen molar-refractivity contribution in [2.75, 3.05) is 19.6 Å². The number of amides is 2. The molecule has 0 bridgehead atoms. The highest BCUT2D eigenvalue weighted by Crippen LogP contribution is 2.23. The first-order valence-corrected chi connectivity index (χ1v) is 8.59. The molecular weight excluding hydrogens is 307 g/mol. The summed E-state index contributed by atoms with van der Waals surface area (Å²) >= 11 is 0. The van der Waals surface area contributed by atoms with Crippen LogP contribution in [0.2, 0.25) is 0 Å². The van der Waals surface area contributed by atoms with E-state index >= 15 is 0 Å². The molecule has 0 saturated carbocycles. The van der Waals surface area contributed by atoms with Gasteiger partial charge in [0.15, 0.2) is 0 Å². The number of hydrogen-bond acceptors (Lipinski definition) is 2. The van der Waals surface area contributed by atoms with Crippen LogP contribution in [0.1, 0.15) is 39.2 Å². The smallest absolute Gasteiger partial charge is 0.227 e. The van der Waals surface area contributed by atoms with E-state index in [1.54, 1.807) is 12.1 Å². The lowest BCUT2D eigenvalue weighted by Gasteiger charge is -2.35. The number of hydrogen-bond donors (Lipinski definition) is 1. The lowest BCUT2D eigenvalue weighted by molar-refractivity contribution is -0.142. The van der Waals surface area contributed by atoms with Gasteiger partial charge in [-0.1, -0.05) is 32.9 Å². The van der Waals surface area contributed by atoms with Gasteiger partial charge in [0.25, 0.3) is 0 Å². The summed E-state index contributed by atoms with van der Waals surface area (Å²) in [6, 6.07) is 6.31. The van der Waals surface area contributed by atoms with Crippen LogP contribution < -0.4 is 5.32 Å². The summed E-state index contributed by atoms with van der Waals surface area (Å²) in [7, 11) is 0. The quantitative estimate of drug-likeness (QED) is 0.920. The third kappa shape index (κ3) is 5.05. The van der Waals surface area contributed by atoms with Crippen LogP contribution >= 0.6 is 0 Å². The Hall–Kier alpha value is -1.91. The molecule has 0 spiro atoms. The molecule has 0 unspecified atom stereocenters. The average Bonchev–Trinajstić information content (AvgIpc) is 2.55. The Kier molecular flexibility index (Phi) is 5.97. The van der Waals surface area contributed by atoms with Gasteiger partial charge in [-0.15, -0.1) is 0 Å². The zero-order chi connectivity index (χ0) is 17.7. The highest BCUT2D eigenvalue weighted by molar-refractivity contribution is 5.83. The number of nitrogens with one attached hydrogen (secondary N) is 1. The Labute approximate surface area is 143 Å².